The largest absolute Gasteiger partial charge is 0.478 e. The third-order valence-corrected chi connectivity index (χ3v) is 6.55. The zero-order chi connectivity index (χ0) is 34.4. The molecule has 2 amide bonds. The number of hydrogen-bond donors (Lipinski definition) is 5. The molecule has 1 aromatic carbocycles. The molecule has 248 valence electrons. The SMILES string of the molecule is CC(C)CC(=O)N1C[C@@H]2CCN(C(=O)C[C@H](N)Cc3cc(F)c(F)cc3F)[C@@H]2C1.O=C(O)/C=C/C(=O)O.O=C(O)/C=C/C(=O)O. The highest BCUT2D eigenvalue weighted by Crippen LogP contribution is 2.32. The molecule has 0 radical (unpaired) electrons. The van der Waals surface area contributed by atoms with Crippen LogP contribution in [0.15, 0.2) is 36.4 Å². The van der Waals surface area contributed by atoms with Crippen LogP contribution < -0.4 is 5.73 Å². The van der Waals surface area contributed by atoms with Gasteiger partial charge in [0.05, 0.1) is 6.04 Å². The van der Waals surface area contributed by atoms with Gasteiger partial charge in [0.25, 0.3) is 0 Å². The van der Waals surface area contributed by atoms with Crippen molar-refractivity contribution in [1.82, 2.24) is 9.80 Å². The molecule has 45 heavy (non-hydrogen) atoms. The predicted octanol–water partition coefficient (Wildman–Crippen LogP) is 1.89. The van der Waals surface area contributed by atoms with E-state index in [9.17, 15) is 41.9 Å². The number of rotatable bonds is 10. The van der Waals surface area contributed by atoms with Crippen molar-refractivity contribution in [2.24, 2.45) is 17.6 Å². The Hall–Kier alpha value is -4.73. The fourth-order valence-corrected chi connectivity index (χ4v) is 4.65. The zero-order valence-electron chi connectivity index (χ0n) is 24.6. The summed E-state index contributed by atoms with van der Waals surface area (Å²) in [4.78, 5) is 66.9. The van der Waals surface area contributed by atoms with Crippen LogP contribution in [0.25, 0.3) is 0 Å². The van der Waals surface area contributed by atoms with Gasteiger partial charge >= 0.3 is 23.9 Å². The molecule has 2 aliphatic rings. The van der Waals surface area contributed by atoms with E-state index in [0.29, 0.717) is 56.4 Å². The molecule has 2 fully saturated rings. The smallest absolute Gasteiger partial charge is 0.328 e. The van der Waals surface area contributed by atoms with Gasteiger partial charge in [-0.15, -0.1) is 0 Å². The lowest BCUT2D eigenvalue weighted by atomic mass is 10.0. The normalized spacial score (nSPS) is 17.8. The molecule has 0 saturated carbocycles. The summed E-state index contributed by atoms with van der Waals surface area (Å²) in [5.41, 5.74) is 5.96. The van der Waals surface area contributed by atoms with E-state index in [4.69, 9.17) is 26.2 Å². The van der Waals surface area contributed by atoms with E-state index < -0.39 is 47.4 Å². The quantitative estimate of drug-likeness (QED) is 0.183. The number of carboxylic acid groups (broad SMARTS) is 4. The van der Waals surface area contributed by atoms with Gasteiger partial charge in [0.2, 0.25) is 11.8 Å². The van der Waals surface area contributed by atoms with Gasteiger partial charge in [0.1, 0.15) is 5.82 Å². The first-order chi connectivity index (χ1) is 20.9. The van der Waals surface area contributed by atoms with E-state index in [1.165, 1.54) is 0 Å². The van der Waals surface area contributed by atoms with Crippen molar-refractivity contribution >= 4 is 35.7 Å². The van der Waals surface area contributed by atoms with Crippen molar-refractivity contribution < 1.29 is 62.4 Å². The second kappa shape index (κ2) is 18.2. The number of hydrogen-bond acceptors (Lipinski definition) is 7. The summed E-state index contributed by atoms with van der Waals surface area (Å²) < 4.78 is 40.2. The first-order valence-electron chi connectivity index (χ1n) is 13.6. The molecule has 16 heteroatoms. The third-order valence-electron chi connectivity index (χ3n) is 6.55. The van der Waals surface area contributed by atoms with E-state index in [1.807, 2.05) is 18.7 Å². The molecule has 1 aromatic rings. The Balaban J connectivity index is 0.000000521. The number of carbonyl (C=O) groups excluding carboxylic acids is 2. The van der Waals surface area contributed by atoms with Crippen LogP contribution >= 0.6 is 0 Å². The summed E-state index contributed by atoms with van der Waals surface area (Å²) in [5, 5.41) is 31.2. The predicted molar refractivity (Wildman–Crippen MR) is 151 cm³/mol. The molecule has 0 unspecified atom stereocenters. The molecule has 2 heterocycles. The Bertz CT molecular complexity index is 1250. The van der Waals surface area contributed by atoms with Gasteiger partial charge in [-0.25, -0.2) is 32.3 Å². The third kappa shape index (κ3) is 14.1. The Labute approximate surface area is 256 Å². The molecule has 0 aromatic heterocycles. The monoisotopic (exact) mass is 643 g/mol. The van der Waals surface area contributed by atoms with Crippen LogP contribution in [0.3, 0.4) is 0 Å². The lowest BCUT2D eigenvalue weighted by Gasteiger charge is -2.26. The van der Waals surface area contributed by atoms with E-state index in [2.05, 4.69) is 0 Å². The van der Waals surface area contributed by atoms with Gasteiger partial charge in [-0.3, -0.25) is 9.59 Å². The number of nitrogens with zero attached hydrogens (tertiary/aromatic N) is 2. The van der Waals surface area contributed by atoms with Gasteiger partial charge in [-0.05, 0) is 30.4 Å². The zero-order valence-corrected chi connectivity index (χ0v) is 24.6. The summed E-state index contributed by atoms with van der Waals surface area (Å²) >= 11 is 0. The Morgan fingerprint density at radius 2 is 1.29 bits per heavy atom. The van der Waals surface area contributed by atoms with Crippen LogP contribution in [0.2, 0.25) is 0 Å². The fraction of sp³-hybridized carbons (Fsp3) is 0.448. The van der Waals surface area contributed by atoms with Crippen LogP contribution in [0.1, 0.15) is 38.7 Å². The van der Waals surface area contributed by atoms with Crippen LogP contribution in [0.4, 0.5) is 13.2 Å². The van der Waals surface area contributed by atoms with E-state index >= 15 is 0 Å². The lowest BCUT2D eigenvalue weighted by molar-refractivity contribution is -0.135. The summed E-state index contributed by atoms with van der Waals surface area (Å²) in [7, 11) is 0. The maximum atomic E-state index is 13.8. The number of likely N-dealkylation sites (tertiary alicyclic amines) is 2. The maximum Gasteiger partial charge on any atom is 0.328 e. The average molecular weight is 644 g/mol. The first kappa shape index (κ1) is 38.3. The summed E-state index contributed by atoms with van der Waals surface area (Å²) in [6.07, 6.45) is 3.50. The minimum atomic E-state index is -1.26. The minimum absolute atomic E-state index is 0.00851. The maximum absolute atomic E-state index is 13.8. The van der Waals surface area contributed by atoms with Crippen LogP contribution in [-0.4, -0.2) is 97.6 Å². The topological polar surface area (TPSA) is 216 Å². The summed E-state index contributed by atoms with van der Waals surface area (Å²) in [6, 6.07) is 0.563. The molecule has 3 rings (SSSR count). The molecule has 2 saturated heterocycles. The van der Waals surface area contributed by atoms with E-state index in [1.54, 1.807) is 4.90 Å². The summed E-state index contributed by atoms with van der Waals surface area (Å²) in [5.74, 6) is -7.76. The standard InChI is InChI=1S/C21H28F3N3O2.2C4H4O4/c1-12(2)5-20(28)26-10-13-3-4-27(19(13)11-26)21(29)8-15(25)6-14-7-17(23)18(24)9-16(14)22;2*5-3(6)1-2-4(7)8/h7,9,12-13,15,19H,3-6,8,10-11,25H2,1-2H3;2*1-2H,(H,5,6)(H,7,8)/b;2*2-1+/t13-,15+,19+;;/m0../s1. The van der Waals surface area contributed by atoms with Crippen molar-refractivity contribution in [3.63, 3.8) is 0 Å². The number of nitrogens with two attached hydrogens (primary N) is 1. The average Bonchev–Trinajstić information content (AvgIpc) is 3.51. The molecular weight excluding hydrogens is 607 g/mol. The van der Waals surface area contributed by atoms with Crippen LogP contribution in [0.5, 0.6) is 0 Å². The van der Waals surface area contributed by atoms with Gasteiger partial charge < -0.3 is 36.0 Å². The minimum Gasteiger partial charge on any atom is -0.478 e. The molecule has 3 atom stereocenters. The van der Waals surface area contributed by atoms with Gasteiger partial charge in [-0.1, -0.05) is 13.8 Å². The van der Waals surface area contributed by atoms with Gasteiger partial charge in [0.15, 0.2) is 11.6 Å². The Kier molecular flexibility index (Phi) is 15.5. The number of halogens is 3. The highest BCUT2D eigenvalue weighted by molar-refractivity contribution is 5.90. The molecule has 0 aliphatic carbocycles. The van der Waals surface area contributed by atoms with Crippen molar-refractivity contribution in [2.75, 3.05) is 19.6 Å². The van der Waals surface area contributed by atoms with Crippen LogP contribution in [-0.2, 0) is 35.2 Å². The van der Waals surface area contributed by atoms with E-state index in [0.717, 1.165) is 12.5 Å². The van der Waals surface area contributed by atoms with Gasteiger partial charge in [-0.2, -0.15) is 0 Å². The first-order valence-corrected chi connectivity index (χ1v) is 13.6. The number of benzene rings is 1. The number of carbonyl (C=O) groups is 6. The Morgan fingerprint density at radius 1 is 0.800 bits per heavy atom. The number of fused-ring (bicyclic) bond motifs is 1. The van der Waals surface area contributed by atoms with Crippen molar-refractivity contribution in [2.45, 2.75) is 51.6 Å². The second-order valence-electron chi connectivity index (χ2n) is 10.6. The number of aliphatic carboxylic acids is 4. The molecule has 0 bridgehead atoms. The Morgan fingerprint density at radius 3 is 1.76 bits per heavy atom. The molecule has 13 nitrogen and oxygen atoms in total. The summed E-state index contributed by atoms with van der Waals surface area (Å²) in [6.45, 7) is 5.83. The molecular formula is C29H36F3N3O10. The number of carboxylic acids is 4. The molecule has 0 spiro atoms. The second-order valence-corrected chi connectivity index (χ2v) is 10.6. The van der Waals surface area contributed by atoms with E-state index in [-0.39, 0.29) is 48.1 Å². The highest BCUT2D eigenvalue weighted by atomic mass is 19.2. The fourth-order valence-electron chi connectivity index (χ4n) is 4.65. The van der Waals surface area contributed by atoms with Crippen LogP contribution in [0, 0.1) is 29.3 Å². The molecule has 2 aliphatic heterocycles. The van der Waals surface area contributed by atoms with Crippen molar-refractivity contribution in [3.8, 4) is 0 Å². The number of amides is 2. The highest BCUT2D eigenvalue weighted by Gasteiger charge is 2.44. The lowest BCUT2D eigenvalue weighted by Crippen LogP contribution is -2.43. The molecule has 6 N–H and O–H groups in total. The van der Waals surface area contributed by atoms with Gasteiger partial charge in [0, 0.05) is 74.8 Å². The van der Waals surface area contributed by atoms with Crippen molar-refractivity contribution in [3.05, 3.63) is 59.5 Å². The van der Waals surface area contributed by atoms with Crippen molar-refractivity contribution in [1.29, 1.82) is 0 Å².